The van der Waals surface area contributed by atoms with Crippen molar-refractivity contribution in [3.8, 4) is 33.7 Å². The number of nitrogen functional groups attached to an aromatic ring is 3. The average molecular weight is 342 g/mol. The van der Waals surface area contributed by atoms with E-state index in [-0.39, 0.29) is 0 Å². The van der Waals surface area contributed by atoms with Gasteiger partial charge in [-0.3, -0.25) is 0 Å². The number of nitrogens with zero attached hydrogens (tertiary/aromatic N) is 1. The van der Waals surface area contributed by atoms with E-state index in [1.165, 1.54) is 6.26 Å². The maximum Gasteiger partial charge on any atom is 0.227 e. The summed E-state index contributed by atoms with van der Waals surface area (Å²) in [5.74, 6) is 0.464. The van der Waals surface area contributed by atoms with E-state index in [0.717, 1.165) is 22.3 Å². The van der Waals surface area contributed by atoms with Crippen molar-refractivity contribution in [2.45, 2.75) is 0 Å². The Morgan fingerprint density at radius 2 is 1.19 bits per heavy atom. The lowest BCUT2D eigenvalue weighted by atomic mass is 9.90. The monoisotopic (exact) mass is 342 g/mol. The van der Waals surface area contributed by atoms with E-state index in [1.54, 1.807) is 6.20 Å². The zero-order valence-electron chi connectivity index (χ0n) is 14.0. The van der Waals surface area contributed by atoms with E-state index < -0.39 is 0 Å². The molecule has 6 N–H and O–H groups in total. The normalized spacial score (nSPS) is 10.8. The van der Waals surface area contributed by atoms with Crippen LogP contribution in [0.3, 0.4) is 0 Å². The number of hydrogen-bond donors (Lipinski definition) is 3. The quantitative estimate of drug-likeness (QED) is 0.478. The van der Waals surface area contributed by atoms with Crippen LogP contribution < -0.4 is 17.2 Å². The van der Waals surface area contributed by atoms with E-state index in [9.17, 15) is 0 Å². The lowest BCUT2D eigenvalue weighted by molar-refractivity contribution is 0.575. The standard InChI is InChI=1S/C21H18N4O/c22-18-7-3-1-5-13(18)15-11-17(21-25-9-10-26-21)20(24)12-16(15)14-6-2-4-8-19(14)23/h1-12H,22-24H2. The molecule has 26 heavy (non-hydrogen) atoms. The molecule has 1 aromatic heterocycles. The summed E-state index contributed by atoms with van der Waals surface area (Å²) >= 11 is 0. The fourth-order valence-corrected chi connectivity index (χ4v) is 3.09. The van der Waals surface area contributed by atoms with E-state index in [0.29, 0.717) is 28.5 Å². The summed E-state index contributed by atoms with van der Waals surface area (Å²) in [5.41, 5.74) is 25.0. The molecule has 4 aromatic rings. The minimum atomic E-state index is 0.464. The van der Waals surface area contributed by atoms with E-state index in [2.05, 4.69) is 4.98 Å². The summed E-state index contributed by atoms with van der Waals surface area (Å²) in [7, 11) is 0. The molecule has 0 radical (unpaired) electrons. The molecule has 0 atom stereocenters. The molecule has 0 bridgehead atoms. The fourth-order valence-electron chi connectivity index (χ4n) is 3.09. The number of rotatable bonds is 3. The second kappa shape index (κ2) is 6.29. The molecule has 0 spiro atoms. The predicted octanol–water partition coefficient (Wildman–Crippen LogP) is 4.42. The molecule has 0 unspecified atom stereocenters. The number of benzene rings is 3. The number of para-hydroxylation sites is 2. The van der Waals surface area contributed by atoms with Gasteiger partial charge in [0, 0.05) is 28.2 Å². The van der Waals surface area contributed by atoms with Gasteiger partial charge in [0.2, 0.25) is 5.89 Å². The van der Waals surface area contributed by atoms with Crippen LogP contribution in [-0.2, 0) is 0 Å². The molecule has 5 heteroatoms. The first-order valence-electron chi connectivity index (χ1n) is 8.18. The minimum Gasteiger partial charge on any atom is -0.444 e. The highest BCUT2D eigenvalue weighted by Crippen LogP contribution is 2.42. The van der Waals surface area contributed by atoms with Crippen molar-refractivity contribution in [2.75, 3.05) is 17.2 Å². The lowest BCUT2D eigenvalue weighted by Crippen LogP contribution is -1.98. The zero-order chi connectivity index (χ0) is 18.1. The Labute approximate surface area is 151 Å². The number of nitrogens with two attached hydrogens (primary N) is 3. The number of aromatic nitrogens is 1. The number of anilines is 3. The molecule has 0 aliphatic heterocycles. The molecule has 0 fully saturated rings. The molecule has 3 aromatic carbocycles. The molecule has 1 heterocycles. The smallest absolute Gasteiger partial charge is 0.227 e. The van der Waals surface area contributed by atoms with Gasteiger partial charge in [-0.25, -0.2) is 4.98 Å². The van der Waals surface area contributed by atoms with Gasteiger partial charge in [-0.1, -0.05) is 36.4 Å². The van der Waals surface area contributed by atoms with Crippen LogP contribution in [0.15, 0.2) is 77.5 Å². The van der Waals surface area contributed by atoms with Gasteiger partial charge >= 0.3 is 0 Å². The topological polar surface area (TPSA) is 104 Å². The number of oxazole rings is 1. The summed E-state index contributed by atoms with van der Waals surface area (Å²) in [6.45, 7) is 0. The summed E-state index contributed by atoms with van der Waals surface area (Å²) in [4.78, 5) is 4.22. The van der Waals surface area contributed by atoms with Crippen LogP contribution in [0.5, 0.6) is 0 Å². The molecule has 128 valence electrons. The second-order valence-electron chi connectivity index (χ2n) is 6.00. The molecule has 0 saturated carbocycles. The van der Waals surface area contributed by atoms with Crippen molar-refractivity contribution in [1.29, 1.82) is 0 Å². The van der Waals surface area contributed by atoms with Gasteiger partial charge in [0.05, 0.1) is 11.8 Å². The highest BCUT2D eigenvalue weighted by Gasteiger charge is 2.17. The zero-order valence-corrected chi connectivity index (χ0v) is 14.0. The third-order valence-corrected chi connectivity index (χ3v) is 4.35. The Morgan fingerprint density at radius 3 is 1.73 bits per heavy atom. The summed E-state index contributed by atoms with van der Waals surface area (Å²) in [6.07, 6.45) is 3.11. The minimum absolute atomic E-state index is 0.464. The Morgan fingerprint density at radius 1 is 0.615 bits per heavy atom. The third-order valence-electron chi connectivity index (χ3n) is 4.35. The van der Waals surface area contributed by atoms with E-state index in [4.69, 9.17) is 21.6 Å². The van der Waals surface area contributed by atoms with Crippen LogP contribution in [-0.4, -0.2) is 4.98 Å². The van der Waals surface area contributed by atoms with Gasteiger partial charge in [0.25, 0.3) is 0 Å². The predicted molar refractivity (Wildman–Crippen MR) is 106 cm³/mol. The van der Waals surface area contributed by atoms with Crippen molar-refractivity contribution in [3.05, 3.63) is 73.1 Å². The SMILES string of the molecule is Nc1cc(-c2ccccc2N)c(-c2ccccc2N)cc1-c1ncco1. The average Bonchev–Trinajstić information content (AvgIpc) is 3.17. The number of hydrogen-bond acceptors (Lipinski definition) is 5. The maximum atomic E-state index is 6.31. The van der Waals surface area contributed by atoms with Gasteiger partial charge < -0.3 is 21.6 Å². The van der Waals surface area contributed by atoms with Crippen LogP contribution in [0.2, 0.25) is 0 Å². The highest BCUT2D eigenvalue weighted by molar-refractivity contribution is 5.96. The Bertz CT molecular complexity index is 1070. The van der Waals surface area contributed by atoms with Crippen molar-refractivity contribution < 1.29 is 4.42 Å². The van der Waals surface area contributed by atoms with Gasteiger partial charge in [-0.2, -0.15) is 0 Å². The molecule has 5 nitrogen and oxygen atoms in total. The lowest BCUT2D eigenvalue weighted by Gasteiger charge is -2.16. The maximum absolute atomic E-state index is 6.31. The van der Waals surface area contributed by atoms with Crippen LogP contribution in [0.25, 0.3) is 33.7 Å². The molecular weight excluding hydrogens is 324 g/mol. The van der Waals surface area contributed by atoms with Crippen molar-refractivity contribution in [1.82, 2.24) is 4.98 Å². The summed E-state index contributed by atoms with van der Waals surface area (Å²) in [5, 5.41) is 0. The molecule has 0 aliphatic carbocycles. The largest absolute Gasteiger partial charge is 0.444 e. The molecule has 0 aliphatic rings. The van der Waals surface area contributed by atoms with Crippen LogP contribution in [0.4, 0.5) is 17.1 Å². The van der Waals surface area contributed by atoms with Crippen molar-refractivity contribution in [3.63, 3.8) is 0 Å². The van der Waals surface area contributed by atoms with E-state index in [1.807, 2.05) is 60.7 Å². The fraction of sp³-hybridized carbons (Fsp3) is 0. The van der Waals surface area contributed by atoms with Gasteiger partial charge in [-0.05, 0) is 35.4 Å². The Kier molecular flexibility index (Phi) is 3.82. The highest BCUT2D eigenvalue weighted by atomic mass is 16.3. The molecule has 0 amide bonds. The molecule has 4 rings (SSSR count). The first-order valence-corrected chi connectivity index (χ1v) is 8.18. The van der Waals surface area contributed by atoms with Crippen molar-refractivity contribution in [2.24, 2.45) is 0 Å². The van der Waals surface area contributed by atoms with Crippen LogP contribution in [0, 0.1) is 0 Å². The Balaban J connectivity index is 2.04. The van der Waals surface area contributed by atoms with Crippen LogP contribution in [0.1, 0.15) is 0 Å². The Hall–Kier alpha value is -3.73. The first-order chi connectivity index (χ1) is 12.6. The van der Waals surface area contributed by atoms with Crippen molar-refractivity contribution >= 4 is 17.1 Å². The van der Waals surface area contributed by atoms with Crippen LogP contribution >= 0.6 is 0 Å². The van der Waals surface area contributed by atoms with Gasteiger partial charge in [0.15, 0.2) is 0 Å². The molecule has 0 saturated heterocycles. The summed E-state index contributed by atoms with van der Waals surface area (Å²) in [6, 6.07) is 19.2. The van der Waals surface area contributed by atoms with Gasteiger partial charge in [0.1, 0.15) is 6.26 Å². The molecular formula is C21H18N4O. The second-order valence-corrected chi connectivity index (χ2v) is 6.00. The first kappa shape index (κ1) is 15.8. The van der Waals surface area contributed by atoms with E-state index >= 15 is 0 Å². The summed E-state index contributed by atoms with van der Waals surface area (Å²) < 4.78 is 5.44. The van der Waals surface area contributed by atoms with Gasteiger partial charge in [-0.15, -0.1) is 0 Å². The third kappa shape index (κ3) is 2.65.